The third kappa shape index (κ3) is 4.94. The molecule has 0 bridgehead atoms. The molecule has 7 nitrogen and oxygen atoms in total. The van der Waals surface area contributed by atoms with E-state index in [2.05, 4.69) is 10.2 Å². The van der Waals surface area contributed by atoms with E-state index in [0.717, 1.165) is 44.5 Å². The van der Waals surface area contributed by atoms with Gasteiger partial charge in [0.2, 0.25) is 11.8 Å². The minimum atomic E-state index is -0.462. The summed E-state index contributed by atoms with van der Waals surface area (Å²) >= 11 is 0. The lowest BCUT2D eigenvalue weighted by molar-refractivity contribution is -0.142. The molecular formula is C23H33N3O4. The maximum atomic E-state index is 13.1. The van der Waals surface area contributed by atoms with Gasteiger partial charge in [-0.05, 0) is 43.9 Å². The van der Waals surface area contributed by atoms with Crippen molar-refractivity contribution < 1.29 is 19.1 Å². The Balaban J connectivity index is 1.79. The van der Waals surface area contributed by atoms with Crippen molar-refractivity contribution in [3.05, 3.63) is 23.8 Å². The first-order chi connectivity index (χ1) is 14.2. The summed E-state index contributed by atoms with van der Waals surface area (Å²) in [4.78, 5) is 41.8. The molecule has 2 heterocycles. The second kappa shape index (κ2) is 9.06. The summed E-state index contributed by atoms with van der Waals surface area (Å²) in [5.41, 5.74) is 1.50. The van der Waals surface area contributed by atoms with E-state index in [9.17, 15) is 14.4 Å². The fourth-order valence-electron chi connectivity index (χ4n) is 4.20. The van der Waals surface area contributed by atoms with Crippen LogP contribution in [0.5, 0.6) is 0 Å². The summed E-state index contributed by atoms with van der Waals surface area (Å²) in [6, 6.07) is 5.31. The van der Waals surface area contributed by atoms with Gasteiger partial charge in [-0.3, -0.25) is 9.59 Å². The van der Waals surface area contributed by atoms with Crippen LogP contribution in [-0.4, -0.2) is 56.0 Å². The van der Waals surface area contributed by atoms with E-state index in [1.165, 1.54) is 7.11 Å². The van der Waals surface area contributed by atoms with Gasteiger partial charge in [-0.2, -0.15) is 0 Å². The number of likely N-dealkylation sites (tertiary alicyclic amines) is 1. The Morgan fingerprint density at radius 1 is 1.07 bits per heavy atom. The number of hydrogen-bond donors (Lipinski definition) is 1. The van der Waals surface area contributed by atoms with Crippen molar-refractivity contribution in [2.24, 2.45) is 11.3 Å². The molecule has 1 N–H and O–H groups in total. The van der Waals surface area contributed by atoms with Crippen LogP contribution in [0.1, 0.15) is 56.8 Å². The molecule has 1 atom stereocenters. The average molecular weight is 416 g/mol. The number of ether oxygens (including phenoxy) is 1. The number of anilines is 2. The number of benzene rings is 1. The van der Waals surface area contributed by atoms with Gasteiger partial charge in [0, 0.05) is 31.6 Å². The smallest absolute Gasteiger partial charge is 0.337 e. The van der Waals surface area contributed by atoms with Crippen LogP contribution in [0.15, 0.2) is 18.2 Å². The number of rotatable bonds is 4. The van der Waals surface area contributed by atoms with Crippen LogP contribution in [0.4, 0.5) is 11.4 Å². The number of nitrogens with zero attached hydrogens (tertiary/aromatic N) is 2. The van der Waals surface area contributed by atoms with Gasteiger partial charge in [-0.15, -0.1) is 0 Å². The number of carbonyl (C=O) groups excluding carboxylic acids is 3. The van der Waals surface area contributed by atoms with E-state index in [1.807, 2.05) is 26.8 Å². The number of piperidine rings is 1. The van der Waals surface area contributed by atoms with E-state index >= 15 is 0 Å². The zero-order valence-corrected chi connectivity index (χ0v) is 18.5. The second-order valence-corrected chi connectivity index (χ2v) is 9.25. The first kappa shape index (κ1) is 22.1. The Kier molecular flexibility index (Phi) is 6.68. The first-order valence-electron chi connectivity index (χ1n) is 10.8. The van der Waals surface area contributed by atoms with Crippen LogP contribution in [0.2, 0.25) is 0 Å². The quantitative estimate of drug-likeness (QED) is 0.764. The van der Waals surface area contributed by atoms with Crippen molar-refractivity contribution in [3.8, 4) is 0 Å². The molecule has 3 rings (SSSR count). The number of methoxy groups -OCH3 is 1. The maximum absolute atomic E-state index is 13.1. The second-order valence-electron chi connectivity index (χ2n) is 9.25. The van der Waals surface area contributed by atoms with Crippen LogP contribution < -0.4 is 10.2 Å². The number of amides is 2. The lowest BCUT2D eigenvalue weighted by Gasteiger charge is -2.36. The van der Waals surface area contributed by atoms with Gasteiger partial charge in [-0.1, -0.05) is 20.8 Å². The van der Waals surface area contributed by atoms with Gasteiger partial charge in [0.05, 0.1) is 30.0 Å². The first-order valence-corrected chi connectivity index (χ1v) is 10.8. The van der Waals surface area contributed by atoms with E-state index in [0.29, 0.717) is 24.3 Å². The Bertz CT molecular complexity index is 809. The van der Waals surface area contributed by atoms with Crippen LogP contribution >= 0.6 is 0 Å². The summed E-state index contributed by atoms with van der Waals surface area (Å²) < 4.78 is 4.84. The standard InChI is InChI=1S/C23H33N3O4/c1-23(2,3)22(29)26-13-7-8-17(15-26)20(27)24-18-14-16(21(28)30-4)9-10-19(18)25-11-5-6-12-25/h9-10,14,17H,5-8,11-13,15H2,1-4H3,(H,24,27). The van der Waals surface area contributed by atoms with E-state index in [-0.39, 0.29) is 17.7 Å². The third-order valence-corrected chi connectivity index (χ3v) is 5.84. The third-order valence-electron chi connectivity index (χ3n) is 5.84. The fourth-order valence-corrected chi connectivity index (χ4v) is 4.20. The van der Waals surface area contributed by atoms with Crippen molar-refractivity contribution in [2.75, 3.05) is 43.5 Å². The summed E-state index contributed by atoms with van der Waals surface area (Å²) in [6.07, 6.45) is 3.77. The number of esters is 1. The molecule has 0 radical (unpaired) electrons. The predicted molar refractivity (Wildman–Crippen MR) is 117 cm³/mol. The molecule has 0 aliphatic carbocycles. The Morgan fingerprint density at radius 3 is 2.40 bits per heavy atom. The molecule has 1 aromatic rings. The molecule has 2 amide bonds. The van der Waals surface area contributed by atoms with Gasteiger partial charge < -0.3 is 19.9 Å². The predicted octanol–water partition coefficient (Wildman–Crippen LogP) is 3.30. The zero-order chi connectivity index (χ0) is 21.9. The van der Waals surface area contributed by atoms with Gasteiger partial charge in [0.25, 0.3) is 0 Å². The molecule has 2 aliphatic heterocycles. The maximum Gasteiger partial charge on any atom is 0.337 e. The van der Waals surface area contributed by atoms with Gasteiger partial charge in [-0.25, -0.2) is 4.79 Å². The number of hydrogen-bond acceptors (Lipinski definition) is 5. The Morgan fingerprint density at radius 2 is 1.77 bits per heavy atom. The molecule has 1 unspecified atom stereocenters. The molecular weight excluding hydrogens is 382 g/mol. The van der Waals surface area contributed by atoms with Gasteiger partial charge in [0.15, 0.2) is 0 Å². The molecule has 0 saturated carbocycles. The molecule has 2 saturated heterocycles. The SMILES string of the molecule is COC(=O)c1ccc(N2CCCC2)c(NC(=O)C2CCCN(C(=O)C(C)(C)C)C2)c1. The molecule has 0 aromatic heterocycles. The normalized spacial score (nSPS) is 19.5. The minimum absolute atomic E-state index is 0.0745. The molecule has 30 heavy (non-hydrogen) atoms. The van der Waals surface area contributed by atoms with Gasteiger partial charge in [0.1, 0.15) is 0 Å². The highest BCUT2D eigenvalue weighted by Crippen LogP contribution is 2.32. The topological polar surface area (TPSA) is 79.0 Å². The zero-order valence-electron chi connectivity index (χ0n) is 18.5. The van der Waals surface area contributed by atoms with Crippen molar-refractivity contribution in [2.45, 2.75) is 46.5 Å². The largest absolute Gasteiger partial charge is 0.465 e. The monoisotopic (exact) mass is 415 g/mol. The summed E-state index contributed by atoms with van der Waals surface area (Å²) in [5, 5.41) is 3.05. The molecule has 0 spiro atoms. The lowest BCUT2D eigenvalue weighted by atomic mass is 9.91. The van der Waals surface area contributed by atoms with Crippen LogP contribution in [0, 0.1) is 11.3 Å². The molecule has 1 aromatic carbocycles. The highest BCUT2D eigenvalue weighted by atomic mass is 16.5. The number of nitrogens with one attached hydrogen (secondary N) is 1. The van der Waals surface area contributed by atoms with E-state index < -0.39 is 11.4 Å². The fraction of sp³-hybridized carbons (Fsp3) is 0.609. The van der Waals surface area contributed by atoms with Crippen molar-refractivity contribution >= 4 is 29.2 Å². The molecule has 7 heteroatoms. The highest BCUT2D eigenvalue weighted by molar-refractivity contribution is 5.99. The van der Waals surface area contributed by atoms with Crippen LogP contribution in [0.25, 0.3) is 0 Å². The van der Waals surface area contributed by atoms with Crippen molar-refractivity contribution in [3.63, 3.8) is 0 Å². The summed E-state index contributed by atoms with van der Waals surface area (Å²) in [6.45, 7) is 8.68. The summed E-state index contributed by atoms with van der Waals surface area (Å²) in [7, 11) is 1.35. The summed E-state index contributed by atoms with van der Waals surface area (Å²) in [5.74, 6) is -0.731. The highest BCUT2D eigenvalue weighted by Gasteiger charge is 2.33. The molecule has 164 valence electrons. The number of carbonyl (C=O) groups is 3. The van der Waals surface area contributed by atoms with Crippen LogP contribution in [0.3, 0.4) is 0 Å². The average Bonchev–Trinajstić information content (AvgIpc) is 3.26. The van der Waals surface area contributed by atoms with E-state index in [4.69, 9.17) is 4.74 Å². The molecule has 2 aliphatic rings. The van der Waals surface area contributed by atoms with Crippen molar-refractivity contribution in [1.29, 1.82) is 0 Å². The van der Waals surface area contributed by atoms with Gasteiger partial charge >= 0.3 is 5.97 Å². The Hall–Kier alpha value is -2.57. The Labute approximate surface area is 178 Å². The minimum Gasteiger partial charge on any atom is -0.465 e. The van der Waals surface area contributed by atoms with Crippen molar-refractivity contribution in [1.82, 2.24) is 4.90 Å². The van der Waals surface area contributed by atoms with Crippen LogP contribution in [-0.2, 0) is 14.3 Å². The lowest BCUT2D eigenvalue weighted by Crippen LogP contribution is -2.47. The van der Waals surface area contributed by atoms with E-state index in [1.54, 1.807) is 17.0 Å². The molecule has 2 fully saturated rings.